The fourth-order valence-electron chi connectivity index (χ4n) is 3.83. The third-order valence-electron chi connectivity index (χ3n) is 5.44. The zero-order chi connectivity index (χ0) is 24.0. The number of anilines is 1. The molecule has 0 spiro atoms. The van der Waals surface area contributed by atoms with Gasteiger partial charge in [0.25, 0.3) is 0 Å². The van der Waals surface area contributed by atoms with E-state index in [1.807, 2.05) is 79.7 Å². The number of nitrogens with one attached hydrogen (secondary N) is 1. The number of benzene rings is 3. The van der Waals surface area contributed by atoms with Crippen molar-refractivity contribution in [2.75, 3.05) is 5.32 Å². The monoisotopic (exact) mass is 461 g/mol. The Hall–Kier alpha value is -4.78. The van der Waals surface area contributed by atoms with Gasteiger partial charge in [0.15, 0.2) is 0 Å². The predicted molar refractivity (Wildman–Crippen MR) is 134 cm³/mol. The summed E-state index contributed by atoms with van der Waals surface area (Å²) in [4.78, 5) is 26.1. The van der Waals surface area contributed by atoms with E-state index in [2.05, 4.69) is 20.3 Å². The topological polar surface area (TPSA) is 81.9 Å². The molecule has 0 bridgehead atoms. The second kappa shape index (κ2) is 10.0. The highest BCUT2D eigenvalue weighted by Crippen LogP contribution is 2.28. The van der Waals surface area contributed by atoms with Crippen molar-refractivity contribution in [2.45, 2.75) is 12.8 Å². The van der Waals surface area contributed by atoms with Gasteiger partial charge in [-0.1, -0.05) is 60.7 Å². The summed E-state index contributed by atoms with van der Waals surface area (Å²) in [5.41, 5.74) is 2.55. The number of carbonyl (C=O) groups excluding carboxylic acids is 1. The predicted octanol–water partition coefficient (Wildman–Crippen LogP) is 5.53. The molecule has 0 saturated carbocycles. The van der Waals surface area contributed by atoms with Crippen molar-refractivity contribution in [2.24, 2.45) is 0 Å². The van der Waals surface area contributed by atoms with Crippen molar-refractivity contribution in [3.63, 3.8) is 0 Å². The summed E-state index contributed by atoms with van der Waals surface area (Å²) in [6.45, 7) is 1.81. The van der Waals surface area contributed by atoms with E-state index in [1.54, 1.807) is 41.5 Å². The van der Waals surface area contributed by atoms with Crippen LogP contribution in [0.1, 0.15) is 22.9 Å². The van der Waals surface area contributed by atoms with E-state index < -0.39 is 5.92 Å². The quantitative estimate of drug-likeness (QED) is 0.344. The summed E-state index contributed by atoms with van der Waals surface area (Å²) >= 11 is 0. The molecule has 2 heterocycles. The lowest BCUT2D eigenvalue weighted by molar-refractivity contribution is -0.116. The summed E-state index contributed by atoms with van der Waals surface area (Å²) in [6.07, 6.45) is 5.16. The molecular weight excluding hydrogens is 438 g/mol. The average Bonchev–Trinajstić information content (AvgIpc) is 3.42. The second-order valence-electron chi connectivity index (χ2n) is 7.95. The molecule has 0 unspecified atom stereocenters. The largest absolute Gasteiger partial charge is 0.439 e. The fraction of sp³-hybridized carbons (Fsp3) is 0.0714. The molecule has 0 aliphatic carbocycles. The van der Waals surface area contributed by atoms with Crippen LogP contribution >= 0.6 is 0 Å². The van der Waals surface area contributed by atoms with Crippen LogP contribution in [-0.4, -0.2) is 25.4 Å². The van der Waals surface area contributed by atoms with Crippen LogP contribution in [0.3, 0.4) is 0 Å². The first-order chi connectivity index (χ1) is 17.2. The highest BCUT2D eigenvalue weighted by Gasteiger charge is 2.22. The van der Waals surface area contributed by atoms with Crippen LogP contribution < -0.4 is 10.1 Å². The first-order valence-corrected chi connectivity index (χ1v) is 11.2. The summed E-state index contributed by atoms with van der Waals surface area (Å²) in [5, 5.41) is 3.04. The van der Waals surface area contributed by atoms with Gasteiger partial charge in [-0.15, -0.1) is 0 Å². The van der Waals surface area contributed by atoms with Crippen molar-refractivity contribution >= 4 is 11.6 Å². The third kappa shape index (κ3) is 5.25. The van der Waals surface area contributed by atoms with Gasteiger partial charge in [0.2, 0.25) is 11.8 Å². The van der Waals surface area contributed by atoms with Gasteiger partial charge in [-0.3, -0.25) is 9.36 Å². The van der Waals surface area contributed by atoms with Crippen molar-refractivity contribution < 1.29 is 9.53 Å². The van der Waals surface area contributed by atoms with E-state index in [0.29, 0.717) is 29.0 Å². The highest BCUT2D eigenvalue weighted by molar-refractivity contribution is 5.98. The van der Waals surface area contributed by atoms with Gasteiger partial charge in [0.05, 0.1) is 5.92 Å². The number of ether oxygens (including phenoxy) is 1. The van der Waals surface area contributed by atoms with Crippen molar-refractivity contribution in [1.29, 1.82) is 0 Å². The number of imidazole rings is 1. The summed E-state index contributed by atoms with van der Waals surface area (Å²) < 4.78 is 7.73. The Morgan fingerprint density at radius 3 is 2.14 bits per heavy atom. The van der Waals surface area contributed by atoms with Crippen molar-refractivity contribution in [3.8, 4) is 17.4 Å². The molecule has 5 aromatic rings. The number of nitrogens with zero attached hydrogens (tertiary/aromatic N) is 4. The summed E-state index contributed by atoms with van der Waals surface area (Å²) in [6, 6.07) is 28.5. The Kier molecular flexibility index (Phi) is 6.30. The maximum atomic E-state index is 13.3. The molecule has 1 amide bonds. The van der Waals surface area contributed by atoms with Gasteiger partial charge in [-0.25, -0.2) is 9.97 Å². The molecule has 0 aliphatic rings. The normalized spacial score (nSPS) is 10.8. The Morgan fingerprint density at radius 2 is 1.54 bits per heavy atom. The van der Waals surface area contributed by atoms with Gasteiger partial charge in [0, 0.05) is 24.1 Å². The van der Waals surface area contributed by atoms with Crippen LogP contribution in [0.25, 0.3) is 5.82 Å². The molecule has 0 radical (unpaired) electrons. The van der Waals surface area contributed by atoms with Crippen LogP contribution in [0.15, 0.2) is 110 Å². The first kappa shape index (κ1) is 22.0. The molecule has 0 aliphatic heterocycles. The third-order valence-corrected chi connectivity index (χ3v) is 5.44. The summed E-state index contributed by atoms with van der Waals surface area (Å²) in [7, 11) is 0. The van der Waals surface area contributed by atoms with Crippen molar-refractivity contribution in [1.82, 2.24) is 19.5 Å². The molecule has 5 rings (SSSR count). The number of hydrogen-bond acceptors (Lipinski definition) is 5. The Labute approximate surface area is 203 Å². The maximum Gasteiger partial charge on any atom is 0.236 e. The zero-order valence-electron chi connectivity index (χ0n) is 19.1. The molecule has 0 atom stereocenters. The van der Waals surface area contributed by atoms with Crippen LogP contribution in [0.4, 0.5) is 5.69 Å². The first-order valence-electron chi connectivity index (χ1n) is 11.2. The number of aromatic nitrogens is 4. The number of aryl methyl sites for hydroxylation is 1. The molecule has 2 aromatic heterocycles. The highest BCUT2D eigenvalue weighted by atomic mass is 16.5. The van der Waals surface area contributed by atoms with E-state index in [1.165, 1.54) is 0 Å². The minimum atomic E-state index is -0.418. The van der Waals surface area contributed by atoms with Gasteiger partial charge in [-0.2, -0.15) is 4.98 Å². The number of rotatable bonds is 7. The standard InChI is InChI=1S/C28H23N5O2/c1-20-30-25(33-17-16-29-19-33)18-26(31-20)35-24-14-12-23(13-15-24)32-28(34)27(21-8-4-2-5-9-21)22-10-6-3-7-11-22/h2-19,27H,1H3,(H,32,34). The minimum Gasteiger partial charge on any atom is -0.439 e. The van der Waals surface area contributed by atoms with Gasteiger partial charge in [0.1, 0.15) is 23.7 Å². The van der Waals surface area contributed by atoms with Crippen LogP contribution in [0.5, 0.6) is 11.6 Å². The van der Waals surface area contributed by atoms with Gasteiger partial charge in [-0.05, 0) is 42.3 Å². The van der Waals surface area contributed by atoms with E-state index >= 15 is 0 Å². The maximum absolute atomic E-state index is 13.3. The Balaban J connectivity index is 1.32. The summed E-state index contributed by atoms with van der Waals surface area (Å²) in [5.74, 6) is 1.75. The van der Waals surface area contributed by atoms with E-state index in [9.17, 15) is 4.79 Å². The smallest absolute Gasteiger partial charge is 0.236 e. The second-order valence-corrected chi connectivity index (χ2v) is 7.95. The van der Waals surface area contributed by atoms with E-state index in [-0.39, 0.29) is 5.91 Å². The lowest BCUT2D eigenvalue weighted by Crippen LogP contribution is -2.22. The molecule has 35 heavy (non-hydrogen) atoms. The van der Waals surface area contributed by atoms with Crippen LogP contribution in [0.2, 0.25) is 0 Å². The number of carbonyl (C=O) groups is 1. The molecular formula is C28H23N5O2. The SMILES string of the molecule is Cc1nc(Oc2ccc(NC(=O)C(c3ccccc3)c3ccccc3)cc2)cc(-n2ccnc2)n1. The lowest BCUT2D eigenvalue weighted by Gasteiger charge is -2.18. The van der Waals surface area contributed by atoms with E-state index in [0.717, 1.165) is 11.1 Å². The molecule has 3 aromatic carbocycles. The number of amides is 1. The van der Waals surface area contributed by atoms with Crippen molar-refractivity contribution in [3.05, 3.63) is 127 Å². The van der Waals surface area contributed by atoms with Gasteiger partial charge < -0.3 is 10.1 Å². The molecule has 7 nitrogen and oxygen atoms in total. The Morgan fingerprint density at radius 1 is 0.886 bits per heavy atom. The minimum absolute atomic E-state index is 0.104. The van der Waals surface area contributed by atoms with Gasteiger partial charge >= 0.3 is 0 Å². The van der Waals surface area contributed by atoms with E-state index in [4.69, 9.17) is 4.74 Å². The zero-order valence-corrected chi connectivity index (χ0v) is 19.1. The average molecular weight is 462 g/mol. The lowest BCUT2D eigenvalue weighted by atomic mass is 9.90. The number of hydrogen-bond donors (Lipinski definition) is 1. The molecule has 172 valence electrons. The molecule has 0 fully saturated rings. The molecule has 7 heteroatoms. The Bertz CT molecular complexity index is 1360. The van der Waals surface area contributed by atoms with Crippen LogP contribution in [-0.2, 0) is 4.79 Å². The fourth-order valence-corrected chi connectivity index (χ4v) is 3.83. The van der Waals surface area contributed by atoms with Crippen LogP contribution in [0, 0.1) is 6.92 Å². The molecule has 0 saturated heterocycles. The molecule has 1 N–H and O–H groups in total.